The van der Waals surface area contributed by atoms with Crippen LogP contribution in [0.5, 0.6) is 0 Å². The van der Waals surface area contributed by atoms with Gasteiger partial charge in [0, 0.05) is 24.3 Å². The summed E-state index contributed by atoms with van der Waals surface area (Å²) in [6.07, 6.45) is 6.26. The number of carbonyl (C=O) groups is 2. The SMILES string of the molecule is Cc1cc(C)cc(C(=O)N2CCCC(C(=O)NCc3ccc4c(n3)CCCC4)C2)c1. The van der Waals surface area contributed by atoms with Gasteiger partial charge >= 0.3 is 0 Å². The fraction of sp³-hybridized carbons (Fsp3) is 0.480. The molecular weight excluding hydrogens is 374 g/mol. The first-order valence-electron chi connectivity index (χ1n) is 11.1. The minimum Gasteiger partial charge on any atom is -0.350 e. The van der Waals surface area contributed by atoms with E-state index in [1.807, 2.05) is 36.9 Å². The number of piperidine rings is 1. The Labute approximate surface area is 178 Å². The normalized spacial score (nSPS) is 18.6. The molecule has 1 aliphatic heterocycles. The summed E-state index contributed by atoms with van der Waals surface area (Å²) in [4.78, 5) is 32.4. The third-order valence-electron chi connectivity index (χ3n) is 6.23. The van der Waals surface area contributed by atoms with Gasteiger partial charge in [0.25, 0.3) is 5.91 Å². The van der Waals surface area contributed by atoms with Crippen LogP contribution in [0.15, 0.2) is 30.3 Å². The van der Waals surface area contributed by atoms with Crippen molar-refractivity contribution < 1.29 is 9.59 Å². The van der Waals surface area contributed by atoms with Gasteiger partial charge in [0.15, 0.2) is 0 Å². The van der Waals surface area contributed by atoms with Crippen molar-refractivity contribution in [2.75, 3.05) is 13.1 Å². The monoisotopic (exact) mass is 405 g/mol. The molecule has 2 amide bonds. The van der Waals surface area contributed by atoms with Gasteiger partial charge in [-0.05, 0) is 76.1 Å². The Kier molecular flexibility index (Phi) is 6.16. The number of carbonyl (C=O) groups excluding carboxylic acids is 2. The molecule has 0 bridgehead atoms. The second-order valence-corrected chi connectivity index (χ2v) is 8.80. The molecule has 0 saturated carbocycles. The maximum atomic E-state index is 13.0. The Morgan fingerprint density at radius 3 is 2.63 bits per heavy atom. The Morgan fingerprint density at radius 1 is 1.07 bits per heavy atom. The number of aromatic nitrogens is 1. The molecule has 1 saturated heterocycles. The zero-order chi connectivity index (χ0) is 21.1. The van der Waals surface area contributed by atoms with Gasteiger partial charge < -0.3 is 10.2 Å². The zero-order valence-corrected chi connectivity index (χ0v) is 18.0. The molecule has 0 radical (unpaired) electrons. The summed E-state index contributed by atoms with van der Waals surface area (Å²) in [6.45, 7) is 5.65. The van der Waals surface area contributed by atoms with E-state index in [9.17, 15) is 9.59 Å². The van der Waals surface area contributed by atoms with E-state index in [0.717, 1.165) is 42.5 Å². The van der Waals surface area contributed by atoms with Gasteiger partial charge in [-0.1, -0.05) is 23.3 Å². The van der Waals surface area contributed by atoms with Crippen LogP contribution in [-0.4, -0.2) is 34.8 Å². The number of nitrogens with one attached hydrogen (secondary N) is 1. The summed E-state index contributed by atoms with van der Waals surface area (Å²) in [6, 6.07) is 10.1. The van der Waals surface area contributed by atoms with E-state index in [1.165, 1.54) is 24.1 Å². The van der Waals surface area contributed by atoms with Gasteiger partial charge in [-0.25, -0.2) is 0 Å². The summed E-state index contributed by atoms with van der Waals surface area (Å²) in [5.41, 5.74) is 6.35. The highest BCUT2D eigenvalue weighted by molar-refractivity contribution is 5.95. The number of amides is 2. The molecule has 1 atom stereocenters. The second kappa shape index (κ2) is 8.99. The van der Waals surface area contributed by atoms with Gasteiger partial charge in [0.2, 0.25) is 5.91 Å². The van der Waals surface area contributed by atoms with E-state index in [4.69, 9.17) is 4.98 Å². The largest absolute Gasteiger partial charge is 0.350 e. The molecule has 1 aliphatic carbocycles. The molecule has 1 fully saturated rings. The molecular formula is C25H31N3O2. The van der Waals surface area contributed by atoms with E-state index in [1.54, 1.807) is 0 Å². The summed E-state index contributed by atoms with van der Waals surface area (Å²) < 4.78 is 0. The smallest absolute Gasteiger partial charge is 0.253 e. The summed E-state index contributed by atoms with van der Waals surface area (Å²) in [5, 5.41) is 3.05. The highest BCUT2D eigenvalue weighted by Crippen LogP contribution is 2.21. The minimum atomic E-state index is -0.161. The molecule has 2 aliphatic rings. The van der Waals surface area contributed by atoms with Crippen molar-refractivity contribution in [1.29, 1.82) is 0 Å². The van der Waals surface area contributed by atoms with E-state index in [0.29, 0.717) is 25.2 Å². The maximum absolute atomic E-state index is 13.0. The van der Waals surface area contributed by atoms with E-state index < -0.39 is 0 Å². The molecule has 158 valence electrons. The number of rotatable bonds is 4. The number of likely N-dealkylation sites (tertiary alicyclic amines) is 1. The number of pyridine rings is 1. The molecule has 1 aromatic carbocycles. The number of hydrogen-bond acceptors (Lipinski definition) is 3. The van der Waals surface area contributed by atoms with Crippen LogP contribution in [0.4, 0.5) is 0 Å². The molecule has 30 heavy (non-hydrogen) atoms. The predicted molar refractivity (Wildman–Crippen MR) is 117 cm³/mol. The highest BCUT2D eigenvalue weighted by atomic mass is 16.2. The van der Waals surface area contributed by atoms with Crippen molar-refractivity contribution >= 4 is 11.8 Å². The molecule has 1 unspecified atom stereocenters. The van der Waals surface area contributed by atoms with Gasteiger partial charge in [-0.15, -0.1) is 0 Å². The Bertz CT molecular complexity index is 933. The fourth-order valence-electron chi connectivity index (χ4n) is 4.70. The number of nitrogens with zero attached hydrogens (tertiary/aromatic N) is 2. The number of fused-ring (bicyclic) bond motifs is 1. The van der Waals surface area contributed by atoms with Crippen LogP contribution in [0.1, 0.15) is 64.1 Å². The maximum Gasteiger partial charge on any atom is 0.253 e. The summed E-state index contributed by atoms with van der Waals surface area (Å²) in [7, 11) is 0. The topological polar surface area (TPSA) is 62.3 Å². The number of aryl methyl sites for hydroxylation is 4. The van der Waals surface area contributed by atoms with Crippen LogP contribution in [0.3, 0.4) is 0 Å². The van der Waals surface area contributed by atoms with E-state index in [2.05, 4.69) is 17.4 Å². The lowest BCUT2D eigenvalue weighted by molar-refractivity contribution is -0.126. The summed E-state index contributed by atoms with van der Waals surface area (Å²) >= 11 is 0. The van der Waals surface area contributed by atoms with Crippen molar-refractivity contribution in [3.8, 4) is 0 Å². The van der Waals surface area contributed by atoms with Crippen molar-refractivity contribution in [2.24, 2.45) is 5.92 Å². The van der Waals surface area contributed by atoms with E-state index in [-0.39, 0.29) is 17.7 Å². The Balaban J connectivity index is 1.36. The first kappa shape index (κ1) is 20.6. The predicted octanol–water partition coefficient (Wildman–Crippen LogP) is 3.75. The van der Waals surface area contributed by atoms with Crippen LogP contribution in [-0.2, 0) is 24.2 Å². The number of benzene rings is 1. The van der Waals surface area contributed by atoms with Crippen LogP contribution < -0.4 is 5.32 Å². The molecule has 1 N–H and O–H groups in total. The van der Waals surface area contributed by atoms with Gasteiger partial charge in [0.1, 0.15) is 0 Å². The van der Waals surface area contributed by atoms with Crippen LogP contribution in [0.25, 0.3) is 0 Å². The average Bonchev–Trinajstić information content (AvgIpc) is 2.76. The fourth-order valence-corrected chi connectivity index (χ4v) is 4.70. The van der Waals surface area contributed by atoms with Crippen molar-refractivity contribution in [3.63, 3.8) is 0 Å². The molecule has 2 aromatic rings. The van der Waals surface area contributed by atoms with Crippen molar-refractivity contribution in [1.82, 2.24) is 15.2 Å². The Hall–Kier alpha value is -2.69. The first-order chi connectivity index (χ1) is 14.5. The average molecular weight is 406 g/mol. The highest BCUT2D eigenvalue weighted by Gasteiger charge is 2.29. The van der Waals surface area contributed by atoms with Crippen molar-refractivity contribution in [2.45, 2.75) is 58.9 Å². The van der Waals surface area contributed by atoms with Crippen LogP contribution in [0, 0.1) is 19.8 Å². The third-order valence-corrected chi connectivity index (χ3v) is 6.23. The lowest BCUT2D eigenvalue weighted by Gasteiger charge is -2.32. The molecule has 5 heteroatoms. The van der Waals surface area contributed by atoms with Crippen molar-refractivity contribution in [3.05, 3.63) is 64.0 Å². The molecule has 5 nitrogen and oxygen atoms in total. The lowest BCUT2D eigenvalue weighted by atomic mass is 9.95. The van der Waals surface area contributed by atoms with Gasteiger partial charge in [-0.3, -0.25) is 14.6 Å². The minimum absolute atomic E-state index is 0.0208. The quantitative estimate of drug-likeness (QED) is 0.843. The lowest BCUT2D eigenvalue weighted by Crippen LogP contribution is -2.45. The second-order valence-electron chi connectivity index (χ2n) is 8.80. The summed E-state index contributed by atoms with van der Waals surface area (Å²) in [5.74, 6) is -0.116. The molecule has 1 aromatic heterocycles. The molecule has 2 heterocycles. The van der Waals surface area contributed by atoms with Gasteiger partial charge in [-0.2, -0.15) is 0 Å². The zero-order valence-electron chi connectivity index (χ0n) is 18.0. The Morgan fingerprint density at radius 2 is 1.83 bits per heavy atom. The van der Waals surface area contributed by atoms with E-state index >= 15 is 0 Å². The first-order valence-corrected chi connectivity index (χ1v) is 11.1. The van der Waals surface area contributed by atoms with Gasteiger partial charge in [0.05, 0.1) is 18.2 Å². The standard InChI is InChI=1S/C25H31N3O2/c1-17-12-18(2)14-21(13-17)25(30)28-11-5-7-20(16-28)24(29)26-15-22-10-9-19-6-3-4-8-23(19)27-22/h9-10,12-14,20H,3-8,11,15-16H2,1-2H3,(H,26,29). The molecule has 0 spiro atoms. The molecule has 4 rings (SSSR count). The number of hydrogen-bond donors (Lipinski definition) is 1. The van der Waals surface area contributed by atoms with Crippen LogP contribution in [0.2, 0.25) is 0 Å². The van der Waals surface area contributed by atoms with Crippen LogP contribution >= 0.6 is 0 Å². The third kappa shape index (κ3) is 4.72.